The maximum Gasteiger partial charge on any atom is 0.257 e. The zero-order valence-electron chi connectivity index (χ0n) is 13.1. The normalized spacial score (nSPS) is 15.5. The molecule has 0 saturated carbocycles. The molecular formula is C16H17FN4O2S. The first-order valence-electron chi connectivity index (χ1n) is 7.46. The van der Waals surface area contributed by atoms with Crippen molar-refractivity contribution in [2.75, 3.05) is 20.3 Å². The molecule has 1 aliphatic rings. The summed E-state index contributed by atoms with van der Waals surface area (Å²) in [6, 6.07) is 4.64. The highest BCUT2D eigenvalue weighted by Crippen LogP contribution is 2.28. The van der Waals surface area contributed by atoms with Gasteiger partial charge in [-0.3, -0.25) is 0 Å². The van der Waals surface area contributed by atoms with Gasteiger partial charge in [-0.2, -0.15) is 15.4 Å². The Labute approximate surface area is 144 Å². The number of methoxy groups -OCH3 is 1. The van der Waals surface area contributed by atoms with E-state index in [0.717, 1.165) is 5.57 Å². The Morgan fingerprint density at radius 2 is 2.38 bits per heavy atom. The summed E-state index contributed by atoms with van der Waals surface area (Å²) in [6.45, 7) is 1.13. The van der Waals surface area contributed by atoms with E-state index >= 15 is 0 Å². The lowest BCUT2D eigenvalue weighted by Crippen LogP contribution is -2.29. The van der Waals surface area contributed by atoms with Gasteiger partial charge in [-0.05, 0) is 35.8 Å². The first-order chi connectivity index (χ1) is 11.7. The minimum atomic E-state index is -0.455. The number of halogens is 1. The summed E-state index contributed by atoms with van der Waals surface area (Å²) in [4.78, 5) is 0. The third kappa shape index (κ3) is 3.60. The van der Waals surface area contributed by atoms with Crippen LogP contribution in [-0.4, -0.2) is 40.9 Å². The Morgan fingerprint density at radius 3 is 3.00 bits per heavy atom. The van der Waals surface area contributed by atoms with Gasteiger partial charge in [0.25, 0.3) is 5.17 Å². The number of nitrogens with zero attached hydrogens (tertiary/aromatic N) is 2. The monoisotopic (exact) mass is 348 g/mol. The first-order valence-corrected chi connectivity index (χ1v) is 7.86. The van der Waals surface area contributed by atoms with Gasteiger partial charge in [0.05, 0.1) is 26.5 Å². The Kier molecular flexibility index (Phi) is 5.17. The van der Waals surface area contributed by atoms with E-state index in [1.165, 1.54) is 13.2 Å². The maximum absolute atomic E-state index is 14.6. The molecule has 3 rings (SSSR count). The van der Waals surface area contributed by atoms with Crippen LogP contribution >= 0.6 is 12.2 Å². The first kappa shape index (κ1) is 16.5. The summed E-state index contributed by atoms with van der Waals surface area (Å²) >= 11 is 5.06. The molecule has 0 spiro atoms. The number of aromatic amines is 1. The molecule has 24 heavy (non-hydrogen) atoms. The summed E-state index contributed by atoms with van der Waals surface area (Å²) in [5, 5.41) is 13.6. The number of hydrogen-bond donors (Lipinski definition) is 2. The van der Waals surface area contributed by atoms with Crippen molar-refractivity contribution in [3.8, 4) is 0 Å². The van der Waals surface area contributed by atoms with Gasteiger partial charge in [-0.1, -0.05) is 18.2 Å². The molecule has 1 aliphatic heterocycles. The minimum Gasteiger partial charge on any atom is -0.474 e. The van der Waals surface area contributed by atoms with Crippen LogP contribution in [0.1, 0.15) is 29.3 Å². The number of hydrogen-bond acceptors (Lipinski definition) is 5. The second-order valence-corrected chi connectivity index (χ2v) is 5.63. The molecule has 1 aromatic carbocycles. The number of H-pyrrole nitrogens is 1. The average molecular weight is 348 g/mol. The summed E-state index contributed by atoms with van der Waals surface area (Å²) in [7, 11) is 1.47. The highest BCUT2D eigenvalue weighted by Gasteiger charge is 2.20. The average Bonchev–Trinajstić information content (AvgIpc) is 3.14. The van der Waals surface area contributed by atoms with E-state index in [2.05, 4.69) is 20.7 Å². The van der Waals surface area contributed by atoms with Crippen molar-refractivity contribution in [2.45, 2.75) is 12.5 Å². The van der Waals surface area contributed by atoms with Crippen molar-refractivity contribution in [1.82, 2.24) is 20.7 Å². The molecule has 0 fully saturated rings. The second-order valence-electron chi connectivity index (χ2n) is 5.26. The molecule has 1 atom stereocenters. The topological polar surface area (TPSA) is 72.1 Å². The van der Waals surface area contributed by atoms with Gasteiger partial charge in [-0.15, -0.1) is 0 Å². The maximum atomic E-state index is 14.6. The lowest BCUT2D eigenvalue weighted by Gasteiger charge is -2.19. The van der Waals surface area contributed by atoms with E-state index in [0.29, 0.717) is 36.5 Å². The van der Waals surface area contributed by atoms with Gasteiger partial charge in [0.15, 0.2) is 0 Å². The Morgan fingerprint density at radius 1 is 1.50 bits per heavy atom. The van der Waals surface area contributed by atoms with E-state index in [-0.39, 0.29) is 11.0 Å². The molecule has 6 nitrogen and oxygen atoms in total. The molecule has 8 heteroatoms. The largest absolute Gasteiger partial charge is 0.474 e. The predicted molar refractivity (Wildman–Crippen MR) is 90.8 cm³/mol. The van der Waals surface area contributed by atoms with Gasteiger partial charge in [-0.25, -0.2) is 4.39 Å². The van der Waals surface area contributed by atoms with E-state index < -0.39 is 6.04 Å². The van der Waals surface area contributed by atoms with E-state index in [4.69, 9.17) is 21.7 Å². The van der Waals surface area contributed by atoms with E-state index in [1.807, 2.05) is 12.1 Å². The lowest BCUT2D eigenvalue weighted by molar-refractivity contribution is 0.161. The molecule has 2 aromatic rings. The van der Waals surface area contributed by atoms with Crippen molar-refractivity contribution in [1.29, 1.82) is 0 Å². The summed E-state index contributed by atoms with van der Waals surface area (Å²) in [5.41, 5.74) is 2.82. The predicted octanol–water partition coefficient (Wildman–Crippen LogP) is 2.36. The third-order valence-electron chi connectivity index (χ3n) is 3.81. The highest BCUT2D eigenvalue weighted by atomic mass is 32.1. The number of nitrogens with one attached hydrogen (secondary N) is 2. The Balaban J connectivity index is 1.92. The van der Waals surface area contributed by atoms with Crippen LogP contribution in [0.15, 0.2) is 30.5 Å². The van der Waals surface area contributed by atoms with Gasteiger partial charge >= 0.3 is 0 Å². The van der Waals surface area contributed by atoms with Crippen LogP contribution in [0.3, 0.4) is 0 Å². The number of aromatic nitrogens is 3. The molecule has 2 N–H and O–H groups in total. The molecule has 2 heterocycles. The number of thiocarbonyl (C=S) groups is 1. The third-order valence-corrected chi connectivity index (χ3v) is 4.10. The second kappa shape index (κ2) is 7.50. The fourth-order valence-electron chi connectivity index (χ4n) is 2.60. The Bertz CT molecular complexity index is 749. The fourth-order valence-corrected chi connectivity index (χ4v) is 2.72. The number of rotatable bonds is 4. The highest BCUT2D eigenvalue weighted by molar-refractivity contribution is 7.80. The van der Waals surface area contributed by atoms with Crippen LogP contribution in [0.25, 0.3) is 5.57 Å². The number of benzene rings is 1. The molecule has 0 radical (unpaired) electrons. The fraction of sp³-hybridized carbons (Fsp3) is 0.312. The van der Waals surface area contributed by atoms with Crippen LogP contribution in [-0.2, 0) is 9.47 Å². The van der Waals surface area contributed by atoms with Gasteiger partial charge in [0.2, 0.25) is 0 Å². The summed E-state index contributed by atoms with van der Waals surface area (Å²) < 4.78 is 24.9. The van der Waals surface area contributed by atoms with Crippen molar-refractivity contribution in [3.63, 3.8) is 0 Å². The van der Waals surface area contributed by atoms with Gasteiger partial charge in [0, 0.05) is 5.56 Å². The molecule has 126 valence electrons. The smallest absolute Gasteiger partial charge is 0.257 e. The van der Waals surface area contributed by atoms with Crippen molar-refractivity contribution >= 4 is 23.0 Å². The molecule has 0 aliphatic carbocycles. The summed E-state index contributed by atoms with van der Waals surface area (Å²) in [5.74, 6) is -0.292. The van der Waals surface area contributed by atoms with Gasteiger partial charge < -0.3 is 14.8 Å². The quantitative estimate of drug-likeness (QED) is 0.827. The van der Waals surface area contributed by atoms with Crippen LogP contribution < -0.4 is 5.32 Å². The van der Waals surface area contributed by atoms with Crippen LogP contribution in [0.2, 0.25) is 0 Å². The van der Waals surface area contributed by atoms with E-state index in [1.54, 1.807) is 12.3 Å². The zero-order chi connectivity index (χ0) is 16.9. The van der Waals surface area contributed by atoms with Crippen molar-refractivity contribution in [2.24, 2.45) is 0 Å². The van der Waals surface area contributed by atoms with Crippen LogP contribution in [0, 0.1) is 5.82 Å². The molecule has 1 unspecified atom stereocenters. The molecule has 0 amide bonds. The van der Waals surface area contributed by atoms with Crippen molar-refractivity contribution < 1.29 is 13.9 Å². The van der Waals surface area contributed by atoms with E-state index in [9.17, 15) is 4.39 Å². The number of ether oxygens (including phenoxy) is 2. The zero-order valence-corrected chi connectivity index (χ0v) is 13.9. The van der Waals surface area contributed by atoms with Crippen LogP contribution in [0.4, 0.5) is 4.39 Å². The molecule has 1 aromatic heterocycles. The molecule has 0 saturated heterocycles. The standard InChI is InChI=1S/C16H17FN4O2S/c1-22-16(24)19-15(14-9-18-21-20-14)11-2-3-12(13(17)8-11)10-4-6-23-7-5-10/h2-4,8-9,15H,5-7H2,1H3,(H,19,24)(H,18,20,21). The minimum absolute atomic E-state index is 0.194. The Hall–Kier alpha value is -2.32. The van der Waals surface area contributed by atoms with Crippen molar-refractivity contribution in [3.05, 3.63) is 53.1 Å². The lowest BCUT2D eigenvalue weighted by atomic mass is 9.96. The SMILES string of the molecule is COC(=S)NC(c1ccc(C2=CCOCC2)c(F)c1)c1cn[nH]n1. The molecule has 0 bridgehead atoms. The molecular weight excluding hydrogens is 331 g/mol. The summed E-state index contributed by atoms with van der Waals surface area (Å²) in [6.07, 6.45) is 4.17. The van der Waals surface area contributed by atoms with Crippen LogP contribution in [0.5, 0.6) is 0 Å². The van der Waals surface area contributed by atoms with Gasteiger partial charge in [0.1, 0.15) is 17.6 Å².